The van der Waals surface area contributed by atoms with Gasteiger partial charge in [-0.05, 0) is 13.0 Å². The Morgan fingerprint density at radius 2 is 1.88 bits per heavy atom. The molecule has 0 aromatic carbocycles. The lowest BCUT2D eigenvalue weighted by Gasteiger charge is -2.09. The van der Waals surface area contributed by atoms with E-state index in [-0.39, 0.29) is 12.3 Å². The number of rotatable bonds is 10. The number of hydrogen-bond acceptors (Lipinski definition) is 4. The van der Waals surface area contributed by atoms with Gasteiger partial charge in [0.2, 0.25) is 10.0 Å². The molecule has 0 spiro atoms. The summed E-state index contributed by atoms with van der Waals surface area (Å²) in [6, 6.07) is 0.373. The Morgan fingerprint density at radius 1 is 1.24 bits per heavy atom. The van der Waals surface area contributed by atoms with Crippen LogP contribution in [0.1, 0.15) is 27.2 Å². The predicted molar refractivity (Wildman–Crippen MR) is 73.1 cm³/mol. The predicted octanol–water partition coefficient (Wildman–Crippen LogP) is 0.0625. The van der Waals surface area contributed by atoms with E-state index < -0.39 is 20.8 Å². The molecular weight excluding hydrogens is 260 g/mol. The van der Waals surface area contributed by atoms with E-state index in [4.69, 9.17) is 0 Å². The largest absolute Gasteiger partial charge is 0.314 e. The summed E-state index contributed by atoms with van der Waals surface area (Å²) in [6.07, 6.45) is 0.588. The minimum Gasteiger partial charge on any atom is -0.314 e. The summed E-state index contributed by atoms with van der Waals surface area (Å²) in [6.45, 7) is 6.82. The number of sulfonamides is 1. The first kappa shape index (κ1) is 17.0. The summed E-state index contributed by atoms with van der Waals surface area (Å²) in [5.41, 5.74) is 0. The molecule has 0 aliphatic heterocycles. The SMILES string of the molecule is CCS(=O)CCNS(=O)(=O)CCCNC(C)C. The van der Waals surface area contributed by atoms with Crippen LogP contribution in [-0.2, 0) is 20.8 Å². The molecular formula is C10H24N2O3S2. The first-order valence-electron chi connectivity index (χ1n) is 5.93. The molecule has 0 aromatic rings. The fraction of sp³-hybridized carbons (Fsp3) is 1.00. The van der Waals surface area contributed by atoms with Crippen molar-refractivity contribution in [2.75, 3.05) is 30.3 Å². The normalized spacial score (nSPS) is 14.1. The molecule has 0 aromatic heterocycles. The quantitative estimate of drug-likeness (QED) is 0.556. The van der Waals surface area contributed by atoms with Crippen LogP contribution < -0.4 is 10.0 Å². The minimum atomic E-state index is -3.21. The Labute approximate surface area is 107 Å². The van der Waals surface area contributed by atoms with E-state index in [2.05, 4.69) is 10.0 Å². The second-order valence-corrected chi connectivity index (χ2v) is 7.90. The second kappa shape index (κ2) is 9.02. The first-order valence-corrected chi connectivity index (χ1v) is 9.07. The van der Waals surface area contributed by atoms with Gasteiger partial charge in [-0.3, -0.25) is 4.21 Å². The average Bonchev–Trinajstić information content (AvgIpc) is 2.23. The van der Waals surface area contributed by atoms with Crippen LogP contribution in [0, 0.1) is 0 Å². The molecule has 1 unspecified atom stereocenters. The van der Waals surface area contributed by atoms with Crippen LogP contribution >= 0.6 is 0 Å². The minimum absolute atomic E-state index is 0.117. The number of hydrogen-bond donors (Lipinski definition) is 2. The Kier molecular flexibility index (Phi) is 9.03. The molecule has 2 N–H and O–H groups in total. The lowest BCUT2D eigenvalue weighted by Crippen LogP contribution is -2.32. The van der Waals surface area contributed by atoms with E-state index in [9.17, 15) is 12.6 Å². The molecule has 0 radical (unpaired) electrons. The van der Waals surface area contributed by atoms with E-state index in [0.29, 0.717) is 30.5 Å². The highest BCUT2D eigenvalue weighted by Crippen LogP contribution is 1.90. The molecule has 0 rings (SSSR count). The van der Waals surface area contributed by atoms with Crippen LogP contribution in [0.3, 0.4) is 0 Å². The smallest absolute Gasteiger partial charge is 0.211 e. The van der Waals surface area contributed by atoms with Crippen molar-refractivity contribution in [2.45, 2.75) is 33.2 Å². The third kappa shape index (κ3) is 10.9. The highest BCUT2D eigenvalue weighted by molar-refractivity contribution is 7.89. The van der Waals surface area contributed by atoms with E-state index in [1.165, 1.54) is 0 Å². The average molecular weight is 284 g/mol. The zero-order valence-corrected chi connectivity index (χ0v) is 12.5. The van der Waals surface area contributed by atoms with Gasteiger partial charge in [0.05, 0.1) is 5.75 Å². The summed E-state index contributed by atoms with van der Waals surface area (Å²) in [7, 11) is -4.12. The van der Waals surface area contributed by atoms with Gasteiger partial charge >= 0.3 is 0 Å². The lowest BCUT2D eigenvalue weighted by atomic mass is 10.4. The fourth-order valence-corrected chi connectivity index (χ4v) is 3.01. The van der Waals surface area contributed by atoms with E-state index in [1.807, 2.05) is 20.8 Å². The van der Waals surface area contributed by atoms with Crippen molar-refractivity contribution in [1.29, 1.82) is 0 Å². The summed E-state index contributed by atoms with van der Waals surface area (Å²) < 4.78 is 36.6. The summed E-state index contributed by atoms with van der Waals surface area (Å²) in [5, 5.41) is 3.16. The maximum absolute atomic E-state index is 11.5. The summed E-state index contributed by atoms with van der Waals surface area (Å²) in [4.78, 5) is 0. The molecule has 0 heterocycles. The lowest BCUT2D eigenvalue weighted by molar-refractivity contribution is 0.562. The molecule has 17 heavy (non-hydrogen) atoms. The van der Waals surface area contributed by atoms with Gasteiger partial charge in [0.25, 0.3) is 0 Å². The highest BCUT2D eigenvalue weighted by Gasteiger charge is 2.09. The second-order valence-electron chi connectivity index (χ2n) is 4.11. The molecule has 0 saturated heterocycles. The maximum atomic E-state index is 11.5. The van der Waals surface area contributed by atoms with Gasteiger partial charge in [0, 0.05) is 34.9 Å². The molecule has 0 fully saturated rings. The zero-order chi connectivity index (χ0) is 13.3. The summed E-state index contributed by atoms with van der Waals surface area (Å²) in [5.74, 6) is 1.07. The molecule has 7 heteroatoms. The summed E-state index contributed by atoms with van der Waals surface area (Å²) >= 11 is 0. The highest BCUT2D eigenvalue weighted by atomic mass is 32.2. The fourth-order valence-electron chi connectivity index (χ4n) is 1.18. The van der Waals surface area contributed by atoms with Gasteiger partial charge in [-0.2, -0.15) is 0 Å². The molecule has 0 amide bonds. The van der Waals surface area contributed by atoms with Crippen LogP contribution in [0.25, 0.3) is 0 Å². The van der Waals surface area contributed by atoms with E-state index in [0.717, 1.165) is 0 Å². The monoisotopic (exact) mass is 284 g/mol. The maximum Gasteiger partial charge on any atom is 0.211 e. The Morgan fingerprint density at radius 3 is 2.41 bits per heavy atom. The van der Waals surface area contributed by atoms with Gasteiger partial charge < -0.3 is 5.32 Å². The van der Waals surface area contributed by atoms with Crippen molar-refractivity contribution < 1.29 is 12.6 Å². The van der Waals surface area contributed by atoms with E-state index >= 15 is 0 Å². The van der Waals surface area contributed by atoms with Gasteiger partial charge in [-0.1, -0.05) is 20.8 Å². The van der Waals surface area contributed by atoms with Crippen molar-refractivity contribution in [1.82, 2.24) is 10.0 Å². The van der Waals surface area contributed by atoms with Crippen LogP contribution in [0.5, 0.6) is 0 Å². The third-order valence-electron chi connectivity index (χ3n) is 2.12. The molecule has 0 bridgehead atoms. The molecule has 0 saturated carbocycles. The van der Waals surface area contributed by atoms with Crippen LogP contribution in [0.4, 0.5) is 0 Å². The Bertz CT molecular complexity index is 316. The molecule has 5 nitrogen and oxygen atoms in total. The van der Waals surface area contributed by atoms with Crippen LogP contribution in [0.2, 0.25) is 0 Å². The standard InChI is InChI=1S/C10H24N2O3S2/c1-4-16(13)8-7-12-17(14,15)9-5-6-11-10(2)3/h10-12H,4-9H2,1-3H3. The topological polar surface area (TPSA) is 75.3 Å². The van der Waals surface area contributed by atoms with Gasteiger partial charge in [-0.25, -0.2) is 13.1 Å². The zero-order valence-electron chi connectivity index (χ0n) is 10.9. The van der Waals surface area contributed by atoms with Crippen molar-refractivity contribution >= 4 is 20.8 Å². The molecule has 0 aliphatic carbocycles. The number of nitrogens with one attached hydrogen (secondary N) is 2. The Balaban J connectivity index is 3.70. The van der Waals surface area contributed by atoms with Crippen molar-refractivity contribution in [3.05, 3.63) is 0 Å². The molecule has 0 aliphatic rings. The Hall–Kier alpha value is 0.0200. The first-order chi connectivity index (χ1) is 7.87. The van der Waals surface area contributed by atoms with Crippen molar-refractivity contribution in [3.63, 3.8) is 0 Å². The van der Waals surface area contributed by atoms with Gasteiger partial charge in [-0.15, -0.1) is 0 Å². The van der Waals surface area contributed by atoms with Gasteiger partial charge in [0.1, 0.15) is 0 Å². The molecule has 1 atom stereocenters. The third-order valence-corrected chi connectivity index (χ3v) is 4.89. The van der Waals surface area contributed by atoms with Crippen LogP contribution in [-0.4, -0.2) is 49.0 Å². The van der Waals surface area contributed by atoms with Crippen LogP contribution in [0.15, 0.2) is 0 Å². The van der Waals surface area contributed by atoms with Gasteiger partial charge in [0.15, 0.2) is 0 Å². The van der Waals surface area contributed by atoms with Crippen molar-refractivity contribution in [3.8, 4) is 0 Å². The van der Waals surface area contributed by atoms with E-state index in [1.54, 1.807) is 0 Å². The van der Waals surface area contributed by atoms with Crippen molar-refractivity contribution in [2.24, 2.45) is 0 Å². The molecule has 104 valence electrons.